The zero-order chi connectivity index (χ0) is 11.5. The summed E-state index contributed by atoms with van der Waals surface area (Å²) in [5.41, 5.74) is 0.465. The van der Waals surface area contributed by atoms with Crippen molar-refractivity contribution in [2.45, 2.75) is 6.42 Å². The molecule has 0 amide bonds. The number of ketones is 1. The van der Waals surface area contributed by atoms with Crippen LogP contribution in [-0.2, 0) is 0 Å². The van der Waals surface area contributed by atoms with Crippen LogP contribution in [0.2, 0.25) is 0 Å². The summed E-state index contributed by atoms with van der Waals surface area (Å²) in [5.74, 6) is 0.737. The monoisotopic (exact) mass is 236 g/mol. The van der Waals surface area contributed by atoms with E-state index in [1.54, 1.807) is 30.0 Å². The number of rotatable bonds is 3. The van der Waals surface area contributed by atoms with Gasteiger partial charge in [-0.2, -0.15) is 11.8 Å². The van der Waals surface area contributed by atoms with Crippen molar-refractivity contribution in [1.29, 1.82) is 0 Å². The van der Waals surface area contributed by atoms with Gasteiger partial charge in [0.25, 0.3) is 0 Å². The molecule has 16 heavy (non-hydrogen) atoms. The van der Waals surface area contributed by atoms with Crippen molar-refractivity contribution in [3.63, 3.8) is 0 Å². The summed E-state index contributed by atoms with van der Waals surface area (Å²) < 4.78 is 0. The molecule has 0 aliphatic carbocycles. The molecule has 1 atom stereocenters. The van der Waals surface area contributed by atoms with Crippen LogP contribution in [0.15, 0.2) is 24.3 Å². The molecule has 1 heterocycles. The average molecular weight is 236 g/mol. The van der Waals surface area contributed by atoms with E-state index in [0.717, 1.165) is 17.9 Å². The molecule has 0 saturated carbocycles. The van der Waals surface area contributed by atoms with Crippen LogP contribution in [0.5, 0.6) is 0 Å². The Balaban J connectivity index is 2.32. The number of carbonyl (C=O) groups excluding carboxylic acids is 1. The fourth-order valence-corrected chi connectivity index (χ4v) is 3.07. The molecule has 1 unspecified atom stereocenters. The highest BCUT2D eigenvalue weighted by atomic mass is 32.2. The van der Waals surface area contributed by atoms with Crippen molar-refractivity contribution < 1.29 is 14.7 Å². The zero-order valence-electron chi connectivity index (χ0n) is 8.68. The molecule has 1 aromatic rings. The van der Waals surface area contributed by atoms with E-state index in [9.17, 15) is 9.59 Å². The van der Waals surface area contributed by atoms with Gasteiger partial charge in [0.1, 0.15) is 0 Å². The van der Waals surface area contributed by atoms with Crippen molar-refractivity contribution in [3.8, 4) is 0 Å². The molecule has 0 bridgehead atoms. The molecule has 84 valence electrons. The Labute approximate surface area is 97.9 Å². The minimum absolute atomic E-state index is 0.00880. The third kappa shape index (κ3) is 2.11. The summed E-state index contributed by atoms with van der Waals surface area (Å²) in [6.45, 7) is 0. The smallest absolute Gasteiger partial charge is 0.336 e. The van der Waals surface area contributed by atoms with E-state index in [2.05, 4.69) is 0 Å². The summed E-state index contributed by atoms with van der Waals surface area (Å²) in [6.07, 6.45) is 0.859. The second kappa shape index (κ2) is 4.70. The van der Waals surface area contributed by atoms with Gasteiger partial charge in [-0.3, -0.25) is 4.79 Å². The van der Waals surface area contributed by atoms with Crippen LogP contribution < -0.4 is 0 Å². The third-order valence-corrected chi connectivity index (χ3v) is 3.89. The van der Waals surface area contributed by atoms with Gasteiger partial charge in [-0.25, -0.2) is 4.79 Å². The molecule has 1 saturated heterocycles. The van der Waals surface area contributed by atoms with Crippen LogP contribution in [0.25, 0.3) is 0 Å². The lowest BCUT2D eigenvalue weighted by Crippen LogP contribution is -2.17. The normalized spacial score (nSPS) is 19.6. The van der Waals surface area contributed by atoms with Crippen molar-refractivity contribution in [1.82, 2.24) is 0 Å². The van der Waals surface area contributed by atoms with Gasteiger partial charge in [0.15, 0.2) is 5.78 Å². The highest BCUT2D eigenvalue weighted by molar-refractivity contribution is 7.99. The van der Waals surface area contributed by atoms with Crippen LogP contribution in [0, 0.1) is 5.92 Å². The Morgan fingerprint density at radius 3 is 2.50 bits per heavy atom. The minimum atomic E-state index is -1.03. The number of benzene rings is 1. The number of Topliss-reactive ketones (excluding diaryl/α,β-unsaturated/α-hetero) is 1. The maximum Gasteiger partial charge on any atom is 0.336 e. The van der Waals surface area contributed by atoms with E-state index in [1.165, 1.54) is 6.07 Å². The van der Waals surface area contributed by atoms with E-state index in [-0.39, 0.29) is 17.3 Å². The topological polar surface area (TPSA) is 54.4 Å². The lowest BCUT2D eigenvalue weighted by atomic mass is 9.94. The van der Waals surface area contributed by atoms with Crippen LogP contribution in [-0.4, -0.2) is 28.4 Å². The molecule has 1 aliphatic rings. The van der Waals surface area contributed by atoms with E-state index in [4.69, 9.17) is 5.11 Å². The molecule has 1 aromatic carbocycles. The number of thioether (sulfide) groups is 1. The number of hydrogen-bond acceptors (Lipinski definition) is 3. The summed E-state index contributed by atoms with van der Waals surface area (Å²) in [6, 6.07) is 6.44. The Morgan fingerprint density at radius 2 is 1.94 bits per heavy atom. The van der Waals surface area contributed by atoms with E-state index >= 15 is 0 Å². The molecule has 0 radical (unpaired) electrons. The summed E-state index contributed by atoms with van der Waals surface area (Å²) >= 11 is 1.75. The highest BCUT2D eigenvalue weighted by Crippen LogP contribution is 2.27. The van der Waals surface area contributed by atoms with Gasteiger partial charge in [-0.05, 0) is 18.2 Å². The first-order valence-electron chi connectivity index (χ1n) is 5.14. The fraction of sp³-hybridized carbons (Fsp3) is 0.333. The van der Waals surface area contributed by atoms with E-state index in [1.807, 2.05) is 0 Å². The molecule has 4 heteroatoms. The van der Waals surface area contributed by atoms with Crippen molar-refractivity contribution in [3.05, 3.63) is 35.4 Å². The number of hydrogen-bond donors (Lipinski definition) is 1. The number of carboxylic acid groups (broad SMARTS) is 1. The highest BCUT2D eigenvalue weighted by Gasteiger charge is 2.26. The molecule has 3 nitrogen and oxygen atoms in total. The summed E-state index contributed by atoms with van der Waals surface area (Å²) in [5, 5.41) is 9.00. The number of carboxylic acids is 1. The molecule has 1 N–H and O–H groups in total. The van der Waals surface area contributed by atoms with Crippen LogP contribution in [0.4, 0.5) is 0 Å². The molecular formula is C12H12O3S. The molecule has 0 spiro atoms. The maximum absolute atomic E-state index is 12.1. The molecule has 2 rings (SSSR count). The second-order valence-electron chi connectivity index (χ2n) is 3.78. The Morgan fingerprint density at radius 1 is 1.25 bits per heavy atom. The van der Waals surface area contributed by atoms with Crippen molar-refractivity contribution in [2.24, 2.45) is 5.92 Å². The SMILES string of the molecule is O=C(O)c1ccccc1C(=O)C1CCSC1. The van der Waals surface area contributed by atoms with E-state index < -0.39 is 5.97 Å². The first-order valence-corrected chi connectivity index (χ1v) is 6.30. The van der Waals surface area contributed by atoms with Gasteiger partial charge in [-0.15, -0.1) is 0 Å². The maximum atomic E-state index is 12.1. The van der Waals surface area contributed by atoms with Crippen LogP contribution in [0.1, 0.15) is 27.1 Å². The molecule has 1 fully saturated rings. The number of carbonyl (C=O) groups is 2. The Bertz CT molecular complexity index is 422. The predicted octanol–water partition coefficient (Wildman–Crippen LogP) is 2.32. The van der Waals surface area contributed by atoms with Gasteiger partial charge < -0.3 is 5.11 Å². The Hall–Kier alpha value is -1.29. The molecular weight excluding hydrogens is 224 g/mol. The van der Waals surface area contributed by atoms with Gasteiger partial charge in [0.2, 0.25) is 0 Å². The largest absolute Gasteiger partial charge is 0.478 e. The second-order valence-corrected chi connectivity index (χ2v) is 4.93. The summed E-state index contributed by atoms with van der Waals surface area (Å²) in [7, 11) is 0. The van der Waals surface area contributed by atoms with Crippen molar-refractivity contribution >= 4 is 23.5 Å². The Kier molecular flexibility index (Phi) is 3.29. The van der Waals surface area contributed by atoms with E-state index in [0.29, 0.717) is 5.56 Å². The number of aromatic carboxylic acids is 1. The quantitative estimate of drug-likeness (QED) is 0.818. The molecule has 0 aromatic heterocycles. The van der Waals surface area contributed by atoms with Crippen molar-refractivity contribution in [2.75, 3.05) is 11.5 Å². The average Bonchev–Trinajstić information content (AvgIpc) is 2.81. The zero-order valence-corrected chi connectivity index (χ0v) is 9.50. The molecule has 1 aliphatic heterocycles. The van der Waals surface area contributed by atoms with Crippen LogP contribution >= 0.6 is 11.8 Å². The van der Waals surface area contributed by atoms with Gasteiger partial charge in [-0.1, -0.05) is 18.2 Å². The third-order valence-electron chi connectivity index (χ3n) is 2.72. The van der Waals surface area contributed by atoms with Gasteiger partial charge in [0, 0.05) is 17.2 Å². The fourth-order valence-electron chi connectivity index (χ4n) is 1.85. The lowest BCUT2D eigenvalue weighted by molar-refractivity contribution is 0.0690. The predicted molar refractivity (Wildman–Crippen MR) is 63.2 cm³/mol. The standard InChI is InChI=1S/C12H12O3S/c13-11(8-5-6-16-7-8)9-3-1-2-4-10(9)12(14)15/h1-4,8H,5-7H2,(H,14,15). The van der Waals surface area contributed by atoms with Gasteiger partial charge in [0.05, 0.1) is 5.56 Å². The van der Waals surface area contributed by atoms with Gasteiger partial charge >= 0.3 is 5.97 Å². The lowest BCUT2D eigenvalue weighted by Gasteiger charge is -2.09. The minimum Gasteiger partial charge on any atom is -0.478 e. The summed E-state index contributed by atoms with van der Waals surface area (Å²) in [4.78, 5) is 23.1. The first-order chi connectivity index (χ1) is 7.70. The first kappa shape index (κ1) is 11.2. The van der Waals surface area contributed by atoms with Crippen LogP contribution in [0.3, 0.4) is 0 Å².